The van der Waals surface area contributed by atoms with E-state index >= 15 is 0 Å². The van der Waals surface area contributed by atoms with E-state index in [4.69, 9.17) is 0 Å². The number of halogens is 10. The Morgan fingerprint density at radius 2 is 0.848 bits per heavy atom. The molecule has 0 saturated heterocycles. The fourth-order valence-electron chi connectivity index (χ4n) is 5.93. The third kappa shape index (κ3) is 5.62. The molecule has 0 fully saturated rings. The molecule has 0 radical (unpaired) electrons. The van der Waals surface area contributed by atoms with E-state index in [-0.39, 0.29) is 0 Å². The molecule has 0 nitrogen and oxygen atoms in total. The Balaban J connectivity index is 1.55. The molecule has 10 heteroatoms. The summed E-state index contributed by atoms with van der Waals surface area (Å²) in [5, 5.41) is 0. The summed E-state index contributed by atoms with van der Waals surface area (Å²) in [6, 6.07) is 10.3. The fourth-order valence-corrected chi connectivity index (χ4v) is 5.93. The van der Waals surface area contributed by atoms with Gasteiger partial charge in [-0.3, -0.25) is 0 Å². The molecule has 0 saturated carbocycles. The average Bonchev–Trinajstić information content (AvgIpc) is 3.29. The summed E-state index contributed by atoms with van der Waals surface area (Å²) >= 11 is 0. The van der Waals surface area contributed by atoms with Crippen LogP contribution in [-0.2, 0) is 5.41 Å². The minimum atomic E-state index is -2.25. The van der Waals surface area contributed by atoms with Gasteiger partial charge < -0.3 is 0 Å². The van der Waals surface area contributed by atoms with E-state index in [0.717, 1.165) is 60.1 Å². The number of benzene rings is 4. The number of fused-ring (bicyclic) bond motifs is 3. The summed E-state index contributed by atoms with van der Waals surface area (Å²) in [5.41, 5.74) is 1.40. The standard InChI is InChI=1S/C36H26F10/c1-3-4-5-6-15-36(2)24-16-18(9-13-22-26(37)30(41)34(45)31(42)27(22)38)7-11-20(24)21-12-8-19(17-25(21)36)10-14-23-28(39)32(43)35(46)33(44)29(23)40/h7-14,16-17H,3-6,15H2,1-2H3. The van der Waals surface area contributed by atoms with Crippen LogP contribution in [0.1, 0.15) is 79.3 Å². The lowest BCUT2D eigenvalue weighted by Crippen LogP contribution is -2.21. The number of hydrogen-bond donors (Lipinski definition) is 0. The molecule has 1 aliphatic rings. The predicted octanol–water partition coefficient (Wildman–Crippen LogP) is 11.7. The largest absolute Gasteiger partial charge is 0.203 e. The van der Waals surface area contributed by atoms with Crippen molar-refractivity contribution < 1.29 is 43.9 Å². The van der Waals surface area contributed by atoms with Gasteiger partial charge in [0.25, 0.3) is 0 Å². The molecule has 46 heavy (non-hydrogen) atoms. The van der Waals surface area contributed by atoms with Gasteiger partial charge in [-0.05, 0) is 52.0 Å². The van der Waals surface area contributed by atoms with Crippen molar-refractivity contribution in [2.24, 2.45) is 0 Å². The molecule has 0 unspecified atom stereocenters. The molecule has 0 aliphatic heterocycles. The summed E-state index contributed by atoms with van der Waals surface area (Å²) < 4.78 is 139. The summed E-state index contributed by atoms with van der Waals surface area (Å²) in [5.74, 6) is -20.5. The van der Waals surface area contributed by atoms with Crippen molar-refractivity contribution in [2.75, 3.05) is 0 Å². The van der Waals surface area contributed by atoms with Gasteiger partial charge in [-0.1, -0.05) is 88.1 Å². The highest BCUT2D eigenvalue weighted by atomic mass is 19.2. The van der Waals surface area contributed by atoms with Gasteiger partial charge in [0.05, 0.1) is 11.1 Å². The van der Waals surface area contributed by atoms with Crippen LogP contribution in [0.15, 0.2) is 36.4 Å². The second-order valence-corrected chi connectivity index (χ2v) is 11.4. The van der Waals surface area contributed by atoms with Crippen LogP contribution in [0, 0.1) is 58.2 Å². The Labute approximate surface area is 258 Å². The number of rotatable bonds is 9. The molecule has 0 atom stereocenters. The van der Waals surface area contributed by atoms with Gasteiger partial charge >= 0.3 is 0 Å². The zero-order valence-electron chi connectivity index (χ0n) is 24.6. The zero-order valence-corrected chi connectivity index (χ0v) is 24.6. The molecule has 0 bridgehead atoms. The highest BCUT2D eigenvalue weighted by Gasteiger charge is 2.39. The molecule has 0 N–H and O–H groups in total. The van der Waals surface area contributed by atoms with Gasteiger partial charge in [0.1, 0.15) is 0 Å². The second-order valence-electron chi connectivity index (χ2n) is 11.4. The van der Waals surface area contributed by atoms with Crippen LogP contribution in [0.2, 0.25) is 0 Å². The van der Waals surface area contributed by atoms with E-state index in [0.29, 0.717) is 17.5 Å². The zero-order chi connectivity index (χ0) is 33.5. The first-order valence-electron chi connectivity index (χ1n) is 14.5. The molecule has 1 aliphatic carbocycles. The minimum Gasteiger partial charge on any atom is -0.203 e. The topological polar surface area (TPSA) is 0 Å². The van der Waals surface area contributed by atoms with Crippen LogP contribution >= 0.6 is 0 Å². The SMILES string of the molecule is CCCCCCC1(C)c2cc(C=Cc3c(F)c(F)c(F)c(F)c3F)ccc2-c2ccc(C=Cc3c(F)c(F)c(F)c(F)c3F)cc21. The molecule has 0 amide bonds. The molecular weight excluding hydrogens is 622 g/mol. The lowest BCUT2D eigenvalue weighted by Gasteiger charge is -2.28. The van der Waals surface area contributed by atoms with Crippen molar-refractivity contribution in [2.45, 2.75) is 51.4 Å². The molecule has 5 rings (SSSR count). The normalized spacial score (nSPS) is 15.7. The Kier molecular flexibility index (Phi) is 9.20. The van der Waals surface area contributed by atoms with Crippen LogP contribution in [0.4, 0.5) is 43.9 Å². The summed E-state index contributed by atoms with van der Waals surface area (Å²) in [7, 11) is 0. The molecule has 240 valence electrons. The van der Waals surface area contributed by atoms with Gasteiger partial charge in [0.15, 0.2) is 46.5 Å². The van der Waals surface area contributed by atoms with Gasteiger partial charge in [0.2, 0.25) is 11.6 Å². The fraction of sp³-hybridized carbons (Fsp3) is 0.222. The first kappa shape index (κ1) is 33.0. The van der Waals surface area contributed by atoms with E-state index in [9.17, 15) is 43.9 Å². The third-order valence-electron chi connectivity index (χ3n) is 8.47. The quantitative estimate of drug-likeness (QED) is 0.0557. The molecule has 0 heterocycles. The number of hydrogen-bond acceptors (Lipinski definition) is 0. The summed E-state index contributed by atoms with van der Waals surface area (Å²) in [6.07, 6.45) is 8.52. The monoisotopic (exact) mass is 648 g/mol. The molecule has 4 aromatic rings. The summed E-state index contributed by atoms with van der Waals surface area (Å²) in [4.78, 5) is 0. The number of unbranched alkanes of at least 4 members (excludes halogenated alkanes) is 3. The van der Waals surface area contributed by atoms with Crippen LogP contribution < -0.4 is 0 Å². The minimum absolute atomic E-state index is 0.432. The molecular formula is C36H26F10. The van der Waals surface area contributed by atoms with Crippen molar-refractivity contribution in [3.8, 4) is 11.1 Å². The Bertz CT molecular complexity index is 1720. The van der Waals surface area contributed by atoms with Gasteiger partial charge in [-0.25, -0.2) is 43.9 Å². The maximum absolute atomic E-state index is 14.3. The highest BCUT2D eigenvalue weighted by molar-refractivity contribution is 5.85. The van der Waals surface area contributed by atoms with Gasteiger partial charge in [0, 0.05) is 5.41 Å². The lowest BCUT2D eigenvalue weighted by molar-refractivity contribution is 0.377. The van der Waals surface area contributed by atoms with Crippen LogP contribution in [0.25, 0.3) is 35.4 Å². The molecule has 4 aromatic carbocycles. The highest BCUT2D eigenvalue weighted by Crippen LogP contribution is 2.52. The second kappa shape index (κ2) is 12.8. The maximum Gasteiger partial charge on any atom is 0.200 e. The van der Waals surface area contributed by atoms with E-state index in [1.54, 1.807) is 36.4 Å². The third-order valence-corrected chi connectivity index (χ3v) is 8.47. The maximum atomic E-state index is 14.3. The Morgan fingerprint density at radius 1 is 0.478 bits per heavy atom. The van der Waals surface area contributed by atoms with E-state index in [2.05, 4.69) is 6.92 Å². The van der Waals surface area contributed by atoms with Crippen molar-refractivity contribution >= 4 is 24.3 Å². The Morgan fingerprint density at radius 3 is 1.22 bits per heavy atom. The van der Waals surface area contributed by atoms with Crippen LogP contribution in [0.3, 0.4) is 0 Å². The average molecular weight is 649 g/mol. The lowest BCUT2D eigenvalue weighted by atomic mass is 9.75. The van der Waals surface area contributed by atoms with Crippen molar-refractivity contribution in [3.63, 3.8) is 0 Å². The van der Waals surface area contributed by atoms with Crippen molar-refractivity contribution in [3.05, 3.63) is 128 Å². The van der Waals surface area contributed by atoms with E-state index in [1.165, 1.54) is 12.2 Å². The van der Waals surface area contributed by atoms with Gasteiger partial charge in [-0.2, -0.15) is 0 Å². The Hall–Kier alpha value is -4.34. The summed E-state index contributed by atoms with van der Waals surface area (Å²) in [6.45, 7) is 4.05. The molecule has 0 aromatic heterocycles. The molecule has 0 spiro atoms. The van der Waals surface area contributed by atoms with Crippen molar-refractivity contribution in [1.82, 2.24) is 0 Å². The van der Waals surface area contributed by atoms with Gasteiger partial charge in [-0.15, -0.1) is 0 Å². The van der Waals surface area contributed by atoms with Crippen molar-refractivity contribution in [1.29, 1.82) is 0 Å². The van der Waals surface area contributed by atoms with E-state index < -0.39 is 74.7 Å². The smallest absolute Gasteiger partial charge is 0.200 e. The first-order valence-corrected chi connectivity index (χ1v) is 14.5. The van der Waals surface area contributed by atoms with E-state index in [1.807, 2.05) is 6.92 Å². The van der Waals surface area contributed by atoms with Crippen LogP contribution in [0.5, 0.6) is 0 Å². The van der Waals surface area contributed by atoms with Crippen LogP contribution in [-0.4, -0.2) is 0 Å². The predicted molar refractivity (Wildman–Crippen MR) is 157 cm³/mol. The first-order chi connectivity index (χ1) is 21.8.